The standard InChI is InChI=1S/C19H22O7/c1-18-6-13(9-2-3-24-8-9)26-19(18)7-14(25-17(19)23)15-11(16(21)22)4-10(20)5-12(15)18/h2-3,8,10-15,20H,4-7H2,1H3,(H,21,22)/t10-,11+,12-,13-,14-,15+,18-,19+/m0/s1. The summed E-state index contributed by atoms with van der Waals surface area (Å²) in [7, 11) is 0. The number of furan rings is 1. The van der Waals surface area contributed by atoms with Crippen LogP contribution < -0.4 is 0 Å². The van der Waals surface area contributed by atoms with Crippen LogP contribution in [0.15, 0.2) is 23.0 Å². The van der Waals surface area contributed by atoms with Gasteiger partial charge < -0.3 is 24.1 Å². The third kappa shape index (κ3) is 1.85. The highest BCUT2D eigenvalue weighted by Gasteiger charge is 2.76. The number of carbonyl (C=O) groups is 2. The Kier molecular flexibility index (Phi) is 3.20. The van der Waals surface area contributed by atoms with Gasteiger partial charge in [-0.1, -0.05) is 6.92 Å². The molecule has 4 fully saturated rings. The summed E-state index contributed by atoms with van der Waals surface area (Å²) >= 11 is 0. The lowest BCUT2D eigenvalue weighted by atomic mass is 9.49. The van der Waals surface area contributed by atoms with Gasteiger partial charge in [-0.25, -0.2) is 4.79 Å². The lowest BCUT2D eigenvalue weighted by Crippen LogP contribution is -2.60. The average molecular weight is 362 g/mol. The molecular weight excluding hydrogens is 340 g/mol. The summed E-state index contributed by atoms with van der Waals surface area (Å²) in [5, 5.41) is 20.1. The number of hydrogen-bond donors (Lipinski definition) is 2. The van der Waals surface area contributed by atoms with Crippen molar-refractivity contribution in [3.63, 3.8) is 0 Å². The van der Waals surface area contributed by atoms with Gasteiger partial charge in [0.15, 0.2) is 5.60 Å². The molecular formula is C19H22O7. The number of rotatable bonds is 2. The maximum Gasteiger partial charge on any atom is 0.339 e. The molecule has 2 saturated carbocycles. The van der Waals surface area contributed by atoms with Crippen molar-refractivity contribution < 1.29 is 33.7 Å². The van der Waals surface area contributed by atoms with Crippen LogP contribution in [0.2, 0.25) is 0 Å². The topological polar surface area (TPSA) is 106 Å². The first-order valence-corrected chi connectivity index (χ1v) is 9.17. The van der Waals surface area contributed by atoms with E-state index in [1.54, 1.807) is 12.5 Å². The lowest BCUT2D eigenvalue weighted by molar-refractivity contribution is -0.174. The fourth-order valence-corrected chi connectivity index (χ4v) is 6.23. The van der Waals surface area contributed by atoms with Gasteiger partial charge in [0.25, 0.3) is 0 Å². The van der Waals surface area contributed by atoms with Crippen LogP contribution in [0, 0.1) is 23.2 Å². The Hall–Kier alpha value is -1.86. The van der Waals surface area contributed by atoms with E-state index < -0.39 is 35.1 Å². The van der Waals surface area contributed by atoms with Gasteiger partial charge in [-0.2, -0.15) is 0 Å². The molecule has 1 aromatic rings. The zero-order valence-corrected chi connectivity index (χ0v) is 14.5. The van der Waals surface area contributed by atoms with Crippen molar-refractivity contribution in [1.82, 2.24) is 0 Å². The SMILES string of the molecule is C[C@@]12C[C@@H](c3ccoc3)O[C@@]13C[C@H](OC3=O)[C@@H]1[C@H](C(=O)O)C[C@H](O)C[C@@H]12. The molecule has 7 nitrogen and oxygen atoms in total. The molecule has 3 heterocycles. The molecule has 0 amide bonds. The Morgan fingerprint density at radius 3 is 2.81 bits per heavy atom. The van der Waals surface area contributed by atoms with Crippen molar-refractivity contribution in [2.45, 2.75) is 56.5 Å². The molecule has 1 aromatic heterocycles. The average Bonchev–Trinajstić information content (AvgIpc) is 3.27. The van der Waals surface area contributed by atoms with Crippen molar-refractivity contribution in [2.24, 2.45) is 23.2 Å². The number of ether oxygens (including phenoxy) is 2. The monoisotopic (exact) mass is 362 g/mol. The smallest absolute Gasteiger partial charge is 0.339 e. The van der Waals surface area contributed by atoms with Crippen molar-refractivity contribution in [3.8, 4) is 0 Å². The fourth-order valence-electron chi connectivity index (χ4n) is 6.23. The van der Waals surface area contributed by atoms with Crippen LogP contribution in [-0.4, -0.2) is 40.0 Å². The number of aliphatic hydroxyl groups is 1. The molecule has 7 heteroatoms. The lowest BCUT2D eigenvalue weighted by Gasteiger charge is -2.53. The molecule has 2 N–H and O–H groups in total. The van der Waals surface area contributed by atoms with Gasteiger partial charge in [0.2, 0.25) is 0 Å². The number of fused-ring (bicyclic) bond motifs is 4. The molecule has 5 rings (SSSR count). The molecule has 4 aliphatic rings. The van der Waals surface area contributed by atoms with Gasteiger partial charge in [0, 0.05) is 23.3 Å². The molecule has 0 radical (unpaired) electrons. The van der Waals surface area contributed by atoms with E-state index in [1.807, 2.05) is 13.0 Å². The first-order valence-electron chi connectivity index (χ1n) is 9.17. The predicted octanol–water partition coefficient (Wildman–Crippen LogP) is 1.90. The third-order valence-electron chi connectivity index (χ3n) is 7.41. The van der Waals surface area contributed by atoms with Gasteiger partial charge >= 0.3 is 11.9 Å². The summed E-state index contributed by atoms with van der Waals surface area (Å²) in [6, 6.07) is 1.83. The van der Waals surface area contributed by atoms with Gasteiger partial charge in [-0.3, -0.25) is 4.79 Å². The normalized spacial score (nSPS) is 49.4. The fraction of sp³-hybridized carbons (Fsp3) is 0.684. The molecule has 1 spiro atoms. The minimum Gasteiger partial charge on any atom is -0.481 e. The van der Waals surface area contributed by atoms with Crippen molar-refractivity contribution in [2.75, 3.05) is 0 Å². The number of hydrogen-bond acceptors (Lipinski definition) is 6. The second kappa shape index (κ2) is 5.10. The zero-order chi connectivity index (χ0) is 18.3. The van der Waals surface area contributed by atoms with E-state index in [0.717, 1.165) is 5.56 Å². The predicted molar refractivity (Wildman–Crippen MR) is 85.8 cm³/mol. The molecule has 0 aromatic carbocycles. The van der Waals surface area contributed by atoms with Crippen molar-refractivity contribution in [1.29, 1.82) is 0 Å². The van der Waals surface area contributed by atoms with Crippen molar-refractivity contribution in [3.05, 3.63) is 24.2 Å². The summed E-state index contributed by atoms with van der Waals surface area (Å²) in [6.07, 6.45) is 3.39. The van der Waals surface area contributed by atoms with E-state index in [-0.39, 0.29) is 30.3 Å². The summed E-state index contributed by atoms with van der Waals surface area (Å²) in [5.74, 6) is -2.45. The van der Waals surface area contributed by atoms with Gasteiger partial charge in [0.1, 0.15) is 6.10 Å². The maximum absolute atomic E-state index is 12.9. The first kappa shape index (κ1) is 16.3. The second-order valence-corrected chi connectivity index (χ2v) is 8.51. The number of carboxylic acids is 1. The number of carbonyl (C=O) groups excluding carboxylic acids is 1. The quantitative estimate of drug-likeness (QED) is 0.774. The van der Waals surface area contributed by atoms with Gasteiger partial charge in [-0.15, -0.1) is 0 Å². The summed E-state index contributed by atoms with van der Waals surface area (Å²) in [6.45, 7) is 2.00. The van der Waals surface area contributed by atoms with E-state index in [0.29, 0.717) is 19.3 Å². The highest BCUT2D eigenvalue weighted by Crippen LogP contribution is 2.68. The Morgan fingerprint density at radius 2 is 2.12 bits per heavy atom. The highest BCUT2D eigenvalue weighted by atomic mass is 16.6. The Balaban J connectivity index is 1.61. The molecule has 2 aliphatic carbocycles. The third-order valence-corrected chi connectivity index (χ3v) is 7.41. The van der Waals surface area contributed by atoms with Crippen molar-refractivity contribution >= 4 is 11.9 Å². The van der Waals surface area contributed by atoms with Crippen LogP contribution in [0.25, 0.3) is 0 Å². The van der Waals surface area contributed by atoms with Crippen LogP contribution in [0.5, 0.6) is 0 Å². The number of aliphatic carboxylic acids is 1. The molecule has 140 valence electrons. The minimum absolute atomic E-state index is 0.144. The van der Waals surface area contributed by atoms with Crippen LogP contribution in [0.3, 0.4) is 0 Å². The number of esters is 1. The minimum atomic E-state index is -1.07. The van der Waals surface area contributed by atoms with Crippen LogP contribution in [-0.2, 0) is 19.1 Å². The van der Waals surface area contributed by atoms with E-state index >= 15 is 0 Å². The van der Waals surface area contributed by atoms with E-state index in [2.05, 4.69) is 0 Å². The second-order valence-electron chi connectivity index (χ2n) is 8.51. The van der Waals surface area contributed by atoms with E-state index in [9.17, 15) is 19.8 Å². The highest BCUT2D eigenvalue weighted by molar-refractivity contribution is 5.85. The maximum atomic E-state index is 12.9. The summed E-state index contributed by atoms with van der Waals surface area (Å²) in [5.41, 5.74) is -0.784. The molecule has 2 aliphatic heterocycles. The Bertz CT molecular complexity index is 758. The number of carboxylic acid groups (broad SMARTS) is 1. The Labute approximate surface area is 150 Å². The van der Waals surface area contributed by atoms with Crippen LogP contribution >= 0.6 is 0 Å². The molecule has 2 saturated heterocycles. The molecule has 26 heavy (non-hydrogen) atoms. The first-order chi connectivity index (χ1) is 12.4. The van der Waals surface area contributed by atoms with E-state index in [4.69, 9.17) is 13.9 Å². The zero-order valence-electron chi connectivity index (χ0n) is 14.5. The summed E-state index contributed by atoms with van der Waals surface area (Å²) < 4.78 is 17.2. The summed E-state index contributed by atoms with van der Waals surface area (Å²) in [4.78, 5) is 24.8. The van der Waals surface area contributed by atoms with Crippen LogP contribution in [0.1, 0.15) is 44.3 Å². The molecule has 8 atom stereocenters. The van der Waals surface area contributed by atoms with Crippen LogP contribution in [0.4, 0.5) is 0 Å². The largest absolute Gasteiger partial charge is 0.481 e. The van der Waals surface area contributed by atoms with Gasteiger partial charge in [0.05, 0.1) is 30.7 Å². The molecule has 2 bridgehead atoms. The Morgan fingerprint density at radius 1 is 1.31 bits per heavy atom. The molecule has 0 unspecified atom stereocenters. The van der Waals surface area contributed by atoms with E-state index in [1.165, 1.54) is 0 Å². The van der Waals surface area contributed by atoms with Gasteiger partial charge in [-0.05, 0) is 31.2 Å². The number of aliphatic hydroxyl groups excluding tert-OH is 1.